The molecule has 0 spiro atoms. The fourth-order valence-electron chi connectivity index (χ4n) is 2.13. The Hall–Kier alpha value is -1.92. The maximum Gasteiger partial charge on any atom is 0.331 e. The van der Waals surface area contributed by atoms with E-state index in [9.17, 15) is 14.7 Å². The average Bonchev–Trinajstić information content (AvgIpc) is 2.82. The number of hydrogen-bond donors (Lipinski definition) is 2. The number of nitrogens with one attached hydrogen (secondary N) is 1. The van der Waals surface area contributed by atoms with Gasteiger partial charge in [-0.2, -0.15) is 0 Å². The molecule has 1 unspecified atom stereocenters. The smallest absolute Gasteiger partial charge is 0.331 e. The highest BCUT2D eigenvalue weighted by molar-refractivity contribution is 7.17. The maximum absolute atomic E-state index is 12.1. The van der Waals surface area contributed by atoms with Crippen LogP contribution in [0.4, 0.5) is 0 Å². The molecule has 0 saturated carbocycles. The van der Waals surface area contributed by atoms with Gasteiger partial charge in [0.1, 0.15) is 0 Å². The summed E-state index contributed by atoms with van der Waals surface area (Å²) in [6.45, 7) is 1.35. The van der Waals surface area contributed by atoms with E-state index in [1.54, 1.807) is 11.3 Å². The Labute approximate surface area is 126 Å². The van der Waals surface area contributed by atoms with E-state index in [4.69, 9.17) is 4.74 Å². The van der Waals surface area contributed by atoms with Gasteiger partial charge in [-0.25, -0.2) is 4.79 Å². The molecule has 2 N–H and O–H groups in total. The molecule has 1 atom stereocenters. The molecule has 1 aromatic heterocycles. The lowest BCUT2D eigenvalue weighted by molar-refractivity contribution is -0.149. The highest BCUT2D eigenvalue weighted by atomic mass is 32.1. The largest absolute Gasteiger partial charge is 0.479 e. The summed E-state index contributed by atoms with van der Waals surface area (Å²) in [6.07, 6.45) is 0.149. The minimum atomic E-state index is -1.42. The number of carbonyl (C=O) groups is 2. The van der Waals surface area contributed by atoms with Gasteiger partial charge in [0.25, 0.3) is 0 Å². The minimum absolute atomic E-state index is 0.0849. The standard InChI is InChI=1S/C15H17NO4S/c1-15(9-20-2,14(18)19)16-13(17)7-10-8-21-12-6-4-3-5-11(10)12/h3-6,8H,7,9H2,1-2H3,(H,16,17)(H,18,19). The van der Waals surface area contributed by atoms with E-state index in [0.29, 0.717) is 0 Å². The van der Waals surface area contributed by atoms with Crippen molar-refractivity contribution < 1.29 is 19.4 Å². The molecule has 6 heteroatoms. The quantitative estimate of drug-likeness (QED) is 0.856. The predicted molar refractivity (Wildman–Crippen MR) is 81.6 cm³/mol. The Bertz CT molecular complexity index is 666. The number of ether oxygens (including phenoxy) is 1. The molecule has 2 rings (SSSR count). The molecule has 1 aromatic carbocycles. The lowest BCUT2D eigenvalue weighted by Crippen LogP contribution is -2.55. The van der Waals surface area contributed by atoms with Gasteiger partial charge in [-0.3, -0.25) is 4.79 Å². The summed E-state index contributed by atoms with van der Waals surface area (Å²) < 4.78 is 5.99. The van der Waals surface area contributed by atoms with E-state index in [0.717, 1.165) is 15.6 Å². The Morgan fingerprint density at radius 1 is 1.38 bits per heavy atom. The Kier molecular flexibility index (Phi) is 4.59. The summed E-state index contributed by atoms with van der Waals surface area (Å²) in [5.41, 5.74) is -0.518. The number of hydrogen-bond acceptors (Lipinski definition) is 4. The third-order valence-corrected chi connectivity index (χ3v) is 4.24. The van der Waals surface area contributed by atoms with Gasteiger partial charge in [-0.15, -0.1) is 11.3 Å². The summed E-state index contributed by atoms with van der Waals surface area (Å²) in [4.78, 5) is 23.4. The second-order valence-electron chi connectivity index (χ2n) is 5.05. The Morgan fingerprint density at radius 3 is 2.76 bits per heavy atom. The van der Waals surface area contributed by atoms with Crippen LogP contribution in [0.5, 0.6) is 0 Å². The normalized spacial score (nSPS) is 13.8. The van der Waals surface area contributed by atoms with Gasteiger partial charge in [-0.05, 0) is 29.3 Å². The van der Waals surface area contributed by atoms with Gasteiger partial charge < -0.3 is 15.2 Å². The zero-order chi connectivity index (χ0) is 15.5. The summed E-state index contributed by atoms with van der Waals surface area (Å²) in [5, 5.41) is 14.7. The molecule has 0 radical (unpaired) electrons. The molecule has 0 aliphatic heterocycles. The molecular formula is C15H17NO4S. The number of amides is 1. The molecule has 0 saturated heterocycles. The van der Waals surface area contributed by atoms with Crippen molar-refractivity contribution in [2.45, 2.75) is 18.9 Å². The SMILES string of the molecule is COCC(C)(NC(=O)Cc1csc2ccccc12)C(=O)O. The first-order chi connectivity index (χ1) is 9.96. The van der Waals surface area contributed by atoms with E-state index in [1.165, 1.54) is 14.0 Å². The molecule has 112 valence electrons. The number of carbonyl (C=O) groups excluding carboxylic acids is 1. The number of benzene rings is 1. The topological polar surface area (TPSA) is 75.6 Å². The first-order valence-corrected chi connectivity index (χ1v) is 7.32. The molecule has 0 fully saturated rings. The maximum atomic E-state index is 12.1. The van der Waals surface area contributed by atoms with Crippen molar-refractivity contribution >= 4 is 33.3 Å². The van der Waals surface area contributed by atoms with Crippen LogP contribution in [0.3, 0.4) is 0 Å². The summed E-state index contributed by atoms with van der Waals surface area (Å²) >= 11 is 1.57. The van der Waals surface area contributed by atoms with Gasteiger partial charge in [-0.1, -0.05) is 18.2 Å². The third kappa shape index (κ3) is 3.40. The van der Waals surface area contributed by atoms with Crippen LogP contribution >= 0.6 is 11.3 Å². The first-order valence-electron chi connectivity index (χ1n) is 6.45. The van der Waals surface area contributed by atoms with Crippen molar-refractivity contribution in [1.82, 2.24) is 5.32 Å². The molecule has 5 nitrogen and oxygen atoms in total. The van der Waals surface area contributed by atoms with Crippen molar-refractivity contribution in [2.75, 3.05) is 13.7 Å². The number of rotatable bonds is 6. The number of thiophene rings is 1. The number of methoxy groups -OCH3 is 1. The van der Waals surface area contributed by atoms with Crippen LogP contribution in [0.25, 0.3) is 10.1 Å². The lowest BCUT2D eigenvalue weighted by atomic mass is 10.0. The van der Waals surface area contributed by atoms with Crippen molar-refractivity contribution in [3.05, 3.63) is 35.2 Å². The zero-order valence-electron chi connectivity index (χ0n) is 11.9. The van der Waals surface area contributed by atoms with E-state index < -0.39 is 11.5 Å². The van der Waals surface area contributed by atoms with E-state index >= 15 is 0 Å². The van der Waals surface area contributed by atoms with Crippen molar-refractivity contribution in [1.29, 1.82) is 0 Å². The number of fused-ring (bicyclic) bond motifs is 1. The third-order valence-electron chi connectivity index (χ3n) is 3.23. The Morgan fingerprint density at radius 2 is 2.10 bits per heavy atom. The van der Waals surface area contributed by atoms with Crippen LogP contribution in [0.1, 0.15) is 12.5 Å². The first kappa shape index (κ1) is 15.5. The summed E-state index contributed by atoms with van der Waals surface area (Å²) in [7, 11) is 1.40. The molecule has 21 heavy (non-hydrogen) atoms. The van der Waals surface area contributed by atoms with Crippen LogP contribution in [-0.2, 0) is 20.7 Å². The summed E-state index contributed by atoms with van der Waals surface area (Å²) in [5.74, 6) is -1.45. The Balaban J connectivity index is 2.12. The molecule has 2 aromatic rings. The van der Waals surface area contributed by atoms with Gasteiger partial charge in [0, 0.05) is 11.8 Å². The van der Waals surface area contributed by atoms with Gasteiger partial charge >= 0.3 is 5.97 Å². The summed E-state index contributed by atoms with van der Waals surface area (Å²) in [6, 6.07) is 7.82. The minimum Gasteiger partial charge on any atom is -0.479 e. The zero-order valence-corrected chi connectivity index (χ0v) is 12.7. The predicted octanol–water partition coefficient (Wildman–Crippen LogP) is 2.05. The number of carboxylic acids is 1. The van der Waals surface area contributed by atoms with Crippen molar-refractivity contribution in [2.24, 2.45) is 0 Å². The van der Waals surface area contributed by atoms with Crippen LogP contribution in [0.2, 0.25) is 0 Å². The van der Waals surface area contributed by atoms with Gasteiger partial charge in [0.15, 0.2) is 5.54 Å². The van der Waals surface area contributed by atoms with E-state index in [-0.39, 0.29) is 18.9 Å². The fraction of sp³-hybridized carbons (Fsp3) is 0.333. The molecule has 0 aliphatic rings. The van der Waals surface area contributed by atoms with Gasteiger partial charge in [0.2, 0.25) is 5.91 Å². The van der Waals surface area contributed by atoms with Gasteiger partial charge in [0.05, 0.1) is 13.0 Å². The van der Waals surface area contributed by atoms with Crippen LogP contribution in [-0.4, -0.2) is 36.2 Å². The van der Waals surface area contributed by atoms with Crippen LogP contribution in [0.15, 0.2) is 29.6 Å². The number of aliphatic carboxylic acids is 1. The fourth-order valence-corrected chi connectivity index (χ4v) is 3.10. The van der Waals surface area contributed by atoms with E-state index in [1.807, 2.05) is 29.6 Å². The monoisotopic (exact) mass is 307 g/mol. The highest BCUT2D eigenvalue weighted by Crippen LogP contribution is 2.26. The van der Waals surface area contributed by atoms with Crippen LogP contribution < -0.4 is 5.32 Å². The highest BCUT2D eigenvalue weighted by Gasteiger charge is 2.34. The lowest BCUT2D eigenvalue weighted by Gasteiger charge is -2.25. The van der Waals surface area contributed by atoms with Crippen molar-refractivity contribution in [3.63, 3.8) is 0 Å². The van der Waals surface area contributed by atoms with Crippen LogP contribution in [0, 0.1) is 0 Å². The molecule has 1 amide bonds. The average molecular weight is 307 g/mol. The molecule has 1 heterocycles. The molecule has 0 bridgehead atoms. The molecule has 0 aliphatic carbocycles. The molecular weight excluding hydrogens is 290 g/mol. The second-order valence-corrected chi connectivity index (χ2v) is 5.96. The number of carboxylic acid groups (broad SMARTS) is 1. The second kappa shape index (κ2) is 6.24. The van der Waals surface area contributed by atoms with E-state index in [2.05, 4.69) is 5.32 Å². The van der Waals surface area contributed by atoms with Crippen molar-refractivity contribution in [3.8, 4) is 0 Å².